The van der Waals surface area contributed by atoms with Crippen LogP contribution in [0.4, 0.5) is 9.59 Å². The van der Waals surface area contributed by atoms with E-state index in [0.717, 1.165) is 37.3 Å². The molecule has 5 N–H and O–H groups in total. The smallest absolute Gasteiger partial charge is 0.317 e. The number of amides is 6. The molecule has 71 heavy (non-hydrogen) atoms. The second kappa shape index (κ2) is 29.0. The van der Waals surface area contributed by atoms with Crippen molar-refractivity contribution in [3.8, 4) is 17.2 Å². The van der Waals surface area contributed by atoms with E-state index >= 15 is 0 Å². The van der Waals surface area contributed by atoms with Crippen LogP contribution in [-0.4, -0.2) is 185 Å². The van der Waals surface area contributed by atoms with Crippen molar-refractivity contribution in [1.29, 1.82) is 0 Å². The second-order valence-electron chi connectivity index (χ2n) is 18.9. The molecule has 0 radical (unpaired) electrons. The van der Waals surface area contributed by atoms with Gasteiger partial charge in [0, 0.05) is 79.5 Å². The van der Waals surface area contributed by atoms with Gasteiger partial charge in [-0.2, -0.15) is 0 Å². The van der Waals surface area contributed by atoms with Crippen LogP contribution in [0.2, 0.25) is 0 Å². The number of ether oxygens (including phenoxy) is 5. The molecule has 2 heterocycles. The van der Waals surface area contributed by atoms with Crippen LogP contribution < -0.4 is 35.6 Å². The van der Waals surface area contributed by atoms with E-state index in [4.69, 9.17) is 23.7 Å². The number of methoxy groups -OCH3 is 2. The number of carbonyl (C=O) groups excluding carboxylic acids is 4. The Labute approximate surface area is 420 Å². The van der Waals surface area contributed by atoms with E-state index < -0.39 is 36.0 Å². The number of morpholine rings is 2. The van der Waals surface area contributed by atoms with Crippen molar-refractivity contribution >= 4 is 23.9 Å². The molecular weight excluding hydrogens is 911 g/mol. The van der Waals surface area contributed by atoms with Crippen molar-refractivity contribution in [1.82, 2.24) is 46.0 Å². The maximum Gasteiger partial charge on any atom is 0.317 e. The van der Waals surface area contributed by atoms with Gasteiger partial charge >= 0.3 is 12.1 Å². The molecule has 4 atom stereocenters. The number of hydrogen-bond donors (Lipinski definition) is 5. The van der Waals surface area contributed by atoms with Crippen LogP contribution in [0, 0.1) is 11.8 Å². The Balaban J connectivity index is 1.29. The summed E-state index contributed by atoms with van der Waals surface area (Å²) in [5.41, 5.74) is 5.46. The van der Waals surface area contributed by atoms with Gasteiger partial charge in [0.1, 0.15) is 24.4 Å². The van der Waals surface area contributed by atoms with Gasteiger partial charge in [0.2, 0.25) is 5.91 Å². The first-order chi connectivity index (χ1) is 34.1. The zero-order chi connectivity index (χ0) is 51.3. The van der Waals surface area contributed by atoms with Gasteiger partial charge in [-0.15, -0.1) is 0 Å². The Kier molecular flexibility index (Phi) is 22.9. The lowest BCUT2D eigenvalue weighted by Crippen LogP contribution is -2.57. The highest BCUT2D eigenvalue weighted by atomic mass is 16.5. The number of hydrazine groups is 1. The lowest BCUT2D eigenvalue weighted by molar-refractivity contribution is -0.129. The van der Waals surface area contributed by atoms with Crippen LogP contribution in [0.5, 0.6) is 17.2 Å². The molecule has 19 heteroatoms. The summed E-state index contributed by atoms with van der Waals surface area (Å²) >= 11 is 0. The largest absolute Gasteiger partial charge is 0.493 e. The molecule has 0 saturated carbocycles. The third-order valence-electron chi connectivity index (χ3n) is 12.8. The minimum absolute atomic E-state index is 0.110. The fourth-order valence-corrected chi connectivity index (χ4v) is 8.20. The second-order valence-corrected chi connectivity index (χ2v) is 18.9. The van der Waals surface area contributed by atoms with Crippen molar-refractivity contribution in [2.75, 3.05) is 114 Å². The highest BCUT2D eigenvalue weighted by Crippen LogP contribution is 2.28. The Bertz CT molecular complexity index is 2090. The van der Waals surface area contributed by atoms with Crippen LogP contribution in [0.1, 0.15) is 56.8 Å². The maximum atomic E-state index is 14.2. The van der Waals surface area contributed by atoms with Gasteiger partial charge < -0.3 is 54.5 Å². The average molecular weight is 990 g/mol. The maximum absolute atomic E-state index is 14.2. The van der Waals surface area contributed by atoms with Gasteiger partial charge in [0.25, 0.3) is 5.91 Å². The van der Waals surface area contributed by atoms with Gasteiger partial charge in [-0.25, -0.2) is 14.6 Å². The zero-order valence-electron chi connectivity index (χ0n) is 43.1. The number of benzene rings is 3. The van der Waals surface area contributed by atoms with E-state index in [0.29, 0.717) is 82.0 Å². The zero-order valence-corrected chi connectivity index (χ0v) is 43.1. The summed E-state index contributed by atoms with van der Waals surface area (Å²) < 4.78 is 27.8. The van der Waals surface area contributed by atoms with E-state index in [-0.39, 0.29) is 43.4 Å². The summed E-state index contributed by atoms with van der Waals surface area (Å²) in [7, 11) is 6.59. The standard InChI is InChI=1S/C52H79N9O10/c1-37(2)46(54-51(65)57(5)22-24-59-26-30-69-31-27-59)49(63)53-48(41-12-10-9-11-13-41)43(62)20-21-61(35-39-14-17-42(18-15-39)71-36-40-16-19-44(67-7)45(34-40)68-8)56-50(64)47(38(3)4)55-52(66)58(6)23-25-60-28-32-70-33-29-60/h9-19,34,37-38,43,46-48,62H,20-33,35-36H2,1-8H3,(H,53,63)(H,54,65)(H,55,66)(H,56,64). The molecule has 0 aromatic heterocycles. The van der Waals surface area contributed by atoms with Crippen molar-refractivity contribution in [2.24, 2.45) is 11.8 Å². The van der Waals surface area contributed by atoms with Gasteiger partial charge in [-0.3, -0.25) is 24.8 Å². The molecule has 5 rings (SSSR count). The Morgan fingerprint density at radius 2 is 1.18 bits per heavy atom. The van der Waals surface area contributed by atoms with E-state index in [9.17, 15) is 24.3 Å². The third kappa shape index (κ3) is 18.1. The van der Waals surface area contributed by atoms with E-state index in [1.807, 2.05) is 100 Å². The fraction of sp³-hybridized carbons (Fsp3) is 0.577. The Morgan fingerprint density at radius 1 is 0.662 bits per heavy atom. The number of likely N-dealkylation sites (N-methyl/N-ethyl adjacent to an activating group) is 2. The SMILES string of the molecule is COc1ccc(COc2ccc(CN(CCC(O)C(NC(=O)C(NC(=O)N(C)CCN3CCOCC3)C(C)C)c3ccccc3)NC(=O)C(NC(=O)N(C)CCN3CCOCC3)C(C)C)cc2)cc1OC. The quantitative estimate of drug-likeness (QED) is 0.0731. The molecule has 6 amide bonds. The minimum Gasteiger partial charge on any atom is -0.493 e. The summed E-state index contributed by atoms with van der Waals surface area (Å²) in [4.78, 5) is 62.9. The van der Waals surface area contributed by atoms with Crippen molar-refractivity contribution in [3.63, 3.8) is 0 Å². The van der Waals surface area contributed by atoms with Crippen molar-refractivity contribution in [3.05, 3.63) is 89.5 Å². The third-order valence-corrected chi connectivity index (χ3v) is 12.8. The summed E-state index contributed by atoms with van der Waals surface area (Å²) in [6.45, 7) is 16.3. The first-order valence-electron chi connectivity index (χ1n) is 24.8. The fourth-order valence-electron chi connectivity index (χ4n) is 8.20. The molecule has 2 saturated heterocycles. The predicted octanol–water partition coefficient (Wildman–Crippen LogP) is 3.72. The number of aliphatic hydroxyl groups excluding tert-OH is 1. The molecule has 3 aromatic carbocycles. The number of hydrogen-bond acceptors (Lipinski definition) is 13. The lowest BCUT2D eigenvalue weighted by atomic mass is 9.97. The highest BCUT2D eigenvalue weighted by Gasteiger charge is 2.32. The van der Waals surface area contributed by atoms with E-state index in [2.05, 4.69) is 31.2 Å². The van der Waals surface area contributed by atoms with Gasteiger partial charge in [0.15, 0.2) is 11.5 Å². The highest BCUT2D eigenvalue weighted by molar-refractivity contribution is 5.88. The minimum atomic E-state index is -1.13. The number of nitrogens with one attached hydrogen (secondary N) is 4. The molecule has 3 aromatic rings. The molecule has 2 aliphatic rings. The summed E-state index contributed by atoms with van der Waals surface area (Å²) in [6, 6.07) is 18.9. The lowest BCUT2D eigenvalue weighted by Gasteiger charge is -2.32. The molecule has 2 fully saturated rings. The van der Waals surface area contributed by atoms with Gasteiger partial charge in [-0.05, 0) is 59.2 Å². The van der Waals surface area contributed by atoms with Crippen molar-refractivity contribution < 1.29 is 48.0 Å². The molecule has 19 nitrogen and oxygen atoms in total. The number of nitrogens with zero attached hydrogens (tertiary/aromatic N) is 5. The molecule has 0 bridgehead atoms. The molecule has 392 valence electrons. The Hall–Kier alpha value is -5.70. The molecule has 0 spiro atoms. The molecular formula is C52H79N9O10. The van der Waals surface area contributed by atoms with E-state index in [1.165, 1.54) is 0 Å². The van der Waals surface area contributed by atoms with Gasteiger partial charge in [0.05, 0.1) is 52.8 Å². The number of carbonyl (C=O) groups is 4. The first kappa shape index (κ1) is 56.2. The molecule has 2 aliphatic heterocycles. The summed E-state index contributed by atoms with van der Waals surface area (Å²) in [5, 5.41) is 22.7. The number of aliphatic hydroxyl groups is 1. The van der Waals surface area contributed by atoms with Gasteiger partial charge in [-0.1, -0.05) is 76.2 Å². The van der Waals surface area contributed by atoms with Crippen LogP contribution in [-0.2, 0) is 32.2 Å². The topological polar surface area (TPSA) is 199 Å². The normalized spacial score (nSPS) is 16.1. The van der Waals surface area contributed by atoms with E-state index in [1.54, 1.807) is 43.1 Å². The average Bonchev–Trinajstić information content (AvgIpc) is 3.38. The van der Waals surface area contributed by atoms with Crippen molar-refractivity contribution in [2.45, 2.75) is 71.5 Å². The summed E-state index contributed by atoms with van der Waals surface area (Å²) in [5.74, 6) is 0.464. The number of rotatable bonds is 26. The van der Waals surface area contributed by atoms with Crippen LogP contribution in [0.25, 0.3) is 0 Å². The molecule has 4 unspecified atom stereocenters. The summed E-state index contributed by atoms with van der Waals surface area (Å²) in [6.07, 6.45) is -1.02. The van der Waals surface area contributed by atoms with Crippen LogP contribution in [0.15, 0.2) is 72.8 Å². The monoisotopic (exact) mass is 990 g/mol. The van der Waals surface area contributed by atoms with Crippen LogP contribution in [0.3, 0.4) is 0 Å². The molecule has 0 aliphatic carbocycles. The van der Waals surface area contributed by atoms with Crippen LogP contribution >= 0.6 is 0 Å². The predicted molar refractivity (Wildman–Crippen MR) is 271 cm³/mol. The Morgan fingerprint density at radius 3 is 1.70 bits per heavy atom. The number of urea groups is 2. The first-order valence-corrected chi connectivity index (χ1v) is 24.8.